The maximum atomic E-state index is 10.3. The fraction of sp³-hybridized carbons (Fsp3) is 0.400. The topological polar surface area (TPSA) is 38.7 Å². The molecule has 1 aliphatic carbocycles. The third-order valence-electron chi connectivity index (χ3n) is 4.11. The van der Waals surface area contributed by atoms with Gasteiger partial charge in [0.1, 0.15) is 0 Å². The standard InChI is InChI=1S/C20H24O3/c21-20(15-23-13-17-9-5-2-6-10-17)19-11-18(19)14-22-12-16-7-3-1-4-8-16/h1-10,18-21H,11-15H2/t18-,19+,20+/m0/s1/i15D2. The Labute approximate surface area is 140 Å². The SMILES string of the molecule is [2H]C([2H])(OCc1ccccc1)[C@@H](O)[C@@H]1C[C@H]1COCc1ccccc1. The predicted molar refractivity (Wildman–Crippen MR) is 89.8 cm³/mol. The van der Waals surface area contributed by atoms with E-state index in [1.807, 2.05) is 60.7 Å². The summed E-state index contributed by atoms with van der Waals surface area (Å²) in [6, 6.07) is 19.3. The lowest BCUT2D eigenvalue weighted by molar-refractivity contribution is 0.0106. The molecule has 0 heterocycles. The fourth-order valence-corrected chi connectivity index (χ4v) is 2.62. The lowest BCUT2D eigenvalue weighted by Crippen LogP contribution is -2.19. The Hall–Kier alpha value is -1.68. The van der Waals surface area contributed by atoms with Gasteiger partial charge in [0.05, 0.1) is 35.2 Å². The van der Waals surface area contributed by atoms with Crippen molar-refractivity contribution < 1.29 is 17.3 Å². The number of hydrogen-bond donors (Lipinski definition) is 1. The van der Waals surface area contributed by atoms with Crippen molar-refractivity contribution in [2.45, 2.75) is 25.7 Å². The molecule has 122 valence electrons. The van der Waals surface area contributed by atoms with Crippen LogP contribution >= 0.6 is 0 Å². The molecule has 2 aromatic rings. The van der Waals surface area contributed by atoms with E-state index >= 15 is 0 Å². The van der Waals surface area contributed by atoms with Crippen LogP contribution in [0.15, 0.2) is 60.7 Å². The van der Waals surface area contributed by atoms with Crippen molar-refractivity contribution in [3.63, 3.8) is 0 Å². The quantitative estimate of drug-likeness (QED) is 0.771. The summed E-state index contributed by atoms with van der Waals surface area (Å²) in [7, 11) is 0. The van der Waals surface area contributed by atoms with Crippen molar-refractivity contribution in [1.82, 2.24) is 0 Å². The molecule has 0 aromatic heterocycles. The first kappa shape index (κ1) is 13.7. The first-order valence-electron chi connectivity index (χ1n) is 9.04. The Kier molecular flexibility index (Phi) is 4.93. The second-order valence-electron chi connectivity index (χ2n) is 6.00. The molecule has 0 spiro atoms. The number of ether oxygens (including phenoxy) is 2. The molecule has 23 heavy (non-hydrogen) atoms. The molecule has 2 aromatic carbocycles. The monoisotopic (exact) mass is 314 g/mol. The van der Waals surface area contributed by atoms with Crippen molar-refractivity contribution in [2.24, 2.45) is 11.8 Å². The number of aliphatic hydroxyl groups is 1. The van der Waals surface area contributed by atoms with Gasteiger partial charge in [-0.15, -0.1) is 0 Å². The minimum absolute atomic E-state index is 0.110. The third kappa shape index (κ3) is 5.17. The first-order chi connectivity index (χ1) is 12.1. The van der Waals surface area contributed by atoms with Crippen molar-refractivity contribution in [3.05, 3.63) is 71.8 Å². The molecular weight excluding hydrogens is 288 g/mol. The van der Waals surface area contributed by atoms with Gasteiger partial charge in [-0.3, -0.25) is 0 Å². The minimum atomic E-state index is -2.06. The van der Waals surface area contributed by atoms with E-state index in [2.05, 4.69) is 0 Å². The molecule has 1 saturated carbocycles. The average molecular weight is 314 g/mol. The van der Waals surface area contributed by atoms with Crippen molar-refractivity contribution in [2.75, 3.05) is 13.2 Å². The molecule has 0 bridgehead atoms. The number of aliphatic hydroxyl groups excluding tert-OH is 1. The Morgan fingerprint density at radius 1 is 0.957 bits per heavy atom. The lowest BCUT2D eigenvalue weighted by Gasteiger charge is -2.11. The van der Waals surface area contributed by atoms with E-state index in [-0.39, 0.29) is 18.4 Å². The number of rotatable bonds is 9. The molecule has 0 aliphatic heterocycles. The number of benzene rings is 2. The summed E-state index contributed by atoms with van der Waals surface area (Å²) >= 11 is 0. The van der Waals surface area contributed by atoms with Gasteiger partial charge in [0.25, 0.3) is 0 Å². The largest absolute Gasteiger partial charge is 0.390 e. The molecule has 1 fully saturated rings. The van der Waals surface area contributed by atoms with Crippen LogP contribution in [-0.4, -0.2) is 24.4 Å². The highest BCUT2D eigenvalue weighted by Crippen LogP contribution is 2.41. The Morgan fingerprint density at radius 2 is 1.52 bits per heavy atom. The van der Waals surface area contributed by atoms with Crippen LogP contribution in [0.4, 0.5) is 0 Å². The van der Waals surface area contributed by atoms with E-state index in [9.17, 15) is 5.11 Å². The predicted octanol–water partition coefficient (Wildman–Crippen LogP) is 3.42. The van der Waals surface area contributed by atoms with Crippen molar-refractivity contribution in [1.29, 1.82) is 0 Å². The second-order valence-corrected chi connectivity index (χ2v) is 6.00. The van der Waals surface area contributed by atoms with Crippen LogP contribution < -0.4 is 0 Å². The van der Waals surface area contributed by atoms with Crippen LogP contribution in [0.5, 0.6) is 0 Å². The Morgan fingerprint density at radius 3 is 2.13 bits per heavy atom. The lowest BCUT2D eigenvalue weighted by atomic mass is 10.2. The highest BCUT2D eigenvalue weighted by Gasteiger charge is 2.42. The molecule has 0 unspecified atom stereocenters. The zero-order valence-corrected chi connectivity index (χ0v) is 13.1. The minimum Gasteiger partial charge on any atom is -0.390 e. The van der Waals surface area contributed by atoms with Crippen LogP contribution in [0.3, 0.4) is 0 Å². The van der Waals surface area contributed by atoms with Crippen molar-refractivity contribution >= 4 is 0 Å². The van der Waals surface area contributed by atoms with E-state index in [1.54, 1.807) is 0 Å². The zero-order valence-electron chi connectivity index (χ0n) is 15.1. The normalized spacial score (nSPS) is 23.0. The summed E-state index contributed by atoms with van der Waals surface area (Å²) in [6.07, 6.45) is -0.369. The maximum absolute atomic E-state index is 10.3. The molecule has 1 aliphatic rings. The van der Waals surface area contributed by atoms with Gasteiger partial charge < -0.3 is 14.6 Å². The molecule has 3 rings (SSSR count). The summed E-state index contributed by atoms with van der Waals surface area (Å²) in [5, 5.41) is 10.3. The maximum Gasteiger partial charge on any atom is 0.0805 e. The fourth-order valence-electron chi connectivity index (χ4n) is 2.62. The van der Waals surface area contributed by atoms with Gasteiger partial charge in [-0.05, 0) is 29.4 Å². The molecule has 3 nitrogen and oxygen atoms in total. The molecule has 0 amide bonds. The highest BCUT2D eigenvalue weighted by molar-refractivity contribution is 5.14. The summed E-state index contributed by atoms with van der Waals surface area (Å²) in [4.78, 5) is 0. The summed E-state index contributed by atoms with van der Waals surface area (Å²) in [5.41, 5.74) is 2.00. The van der Waals surface area contributed by atoms with Gasteiger partial charge >= 0.3 is 0 Å². The van der Waals surface area contributed by atoms with Crippen LogP contribution in [0.1, 0.15) is 20.3 Å². The Balaban J connectivity index is 1.41. The summed E-state index contributed by atoms with van der Waals surface area (Å²) in [6.45, 7) is -0.843. The van der Waals surface area contributed by atoms with Gasteiger partial charge in [-0.1, -0.05) is 60.7 Å². The van der Waals surface area contributed by atoms with Gasteiger partial charge in [0, 0.05) is 0 Å². The number of hydrogen-bond acceptors (Lipinski definition) is 3. The van der Waals surface area contributed by atoms with E-state index in [0.717, 1.165) is 17.5 Å². The molecule has 3 atom stereocenters. The van der Waals surface area contributed by atoms with E-state index in [0.29, 0.717) is 13.2 Å². The summed E-state index contributed by atoms with van der Waals surface area (Å²) < 4.78 is 27.0. The molecular formula is C20H24O3. The van der Waals surface area contributed by atoms with E-state index in [1.165, 1.54) is 0 Å². The third-order valence-corrected chi connectivity index (χ3v) is 4.11. The molecule has 0 radical (unpaired) electrons. The molecule has 0 saturated heterocycles. The van der Waals surface area contributed by atoms with Gasteiger partial charge in [-0.2, -0.15) is 0 Å². The zero-order chi connectivity index (χ0) is 17.7. The smallest absolute Gasteiger partial charge is 0.0805 e. The van der Waals surface area contributed by atoms with Gasteiger partial charge in [-0.25, -0.2) is 0 Å². The first-order valence-corrected chi connectivity index (χ1v) is 8.04. The molecule has 1 N–H and O–H groups in total. The van der Waals surface area contributed by atoms with Crippen molar-refractivity contribution in [3.8, 4) is 0 Å². The van der Waals surface area contributed by atoms with Crippen LogP contribution in [-0.2, 0) is 22.7 Å². The molecule has 3 heteroatoms. The average Bonchev–Trinajstić information content (AvgIpc) is 3.40. The van der Waals surface area contributed by atoms with Crippen LogP contribution in [0.2, 0.25) is 0 Å². The summed E-state index contributed by atoms with van der Waals surface area (Å²) in [5.74, 6) is 0.0793. The van der Waals surface area contributed by atoms with Gasteiger partial charge in [0.2, 0.25) is 0 Å². The van der Waals surface area contributed by atoms with Crippen LogP contribution in [0, 0.1) is 11.8 Å². The Bertz CT molecular complexity index is 649. The highest BCUT2D eigenvalue weighted by atomic mass is 16.5. The van der Waals surface area contributed by atoms with Gasteiger partial charge in [0.15, 0.2) is 0 Å². The van der Waals surface area contributed by atoms with Crippen LogP contribution in [0.25, 0.3) is 0 Å². The second kappa shape index (κ2) is 8.25. The van der Waals surface area contributed by atoms with E-state index < -0.39 is 12.7 Å². The van der Waals surface area contributed by atoms with E-state index in [4.69, 9.17) is 12.2 Å².